The predicted molar refractivity (Wildman–Crippen MR) is 68.0 cm³/mol. The Bertz CT molecular complexity index is 615. The van der Waals surface area contributed by atoms with Gasteiger partial charge in [-0.2, -0.15) is 13.2 Å². The van der Waals surface area contributed by atoms with E-state index in [9.17, 15) is 13.2 Å². The number of alkyl halides is 3. The van der Waals surface area contributed by atoms with Crippen molar-refractivity contribution in [2.45, 2.75) is 12.7 Å². The molecule has 0 aliphatic heterocycles. The van der Waals surface area contributed by atoms with E-state index in [0.717, 1.165) is 17.7 Å². The maximum atomic E-state index is 12.4. The first-order valence-corrected chi connectivity index (χ1v) is 5.90. The molecule has 1 aromatic heterocycles. The van der Waals surface area contributed by atoms with E-state index in [0.29, 0.717) is 18.0 Å². The summed E-state index contributed by atoms with van der Waals surface area (Å²) in [6.07, 6.45) is -4.54. The highest BCUT2D eigenvalue weighted by Gasteiger charge is 2.33. The van der Waals surface area contributed by atoms with Crippen molar-refractivity contribution in [2.75, 3.05) is 7.11 Å². The molecule has 2 aromatic rings. The molecule has 0 amide bonds. The Labute approximate surface area is 118 Å². The molecule has 0 aliphatic rings. The third kappa shape index (κ3) is 3.60. The minimum atomic E-state index is -4.54. The van der Waals surface area contributed by atoms with Crippen molar-refractivity contribution in [3.05, 3.63) is 41.6 Å². The summed E-state index contributed by atoms with van der Waals surface area (Å²) in [5.41, 5.74) is 5.26. The van der Waals surface area contributed by atoms with E-state index >= 15 is 0 Å². The molecule has 0 aliphatic carbocycles. The maximum Gasteiger partial charge on any atom is 0.435 e. The van der Waals surface area contributed by atoms with Gasteiger partial charge in [-0.15, -0.1) is 10.2 Å². The van der Waals surface area contributed by atoms with Crippen LogP contribution in [-0.4, -0.2) is 17.3 Å². The summed E-state index contributed by atoms with van der Waals surface area (Å²) in [5, 5.41) is 6.46. The number of nitrogens with two attached hydrogens (primary N) is 1. The second-order valence-corrected chi connectivity index (χ2v) is 4.05. The molecule has 0 spiro atoms. The molecule has 8 heteroatoms. The van der Waals surface area contributed by atoms with Crippen LogP contribution in [0.2, 0.25) is 0 Å². The molecule has 0 atom stereocenters. The van der Waals surface area contributed by atoms with E-state index in [4.69, 9.17) is 15.2 Å². The molecular formula is C13H12F3N3O2. The Morgan fingerprint density at radius 3 is 2.38 bits per heavy atom. The minimum absolute atomic E-state index is 0.0678. The Balaban J connectivity index is 2.22. The molecule has 0 radical (unpaired) electrons. The fourth-order valence-corrected chi connectivity index (χ4v) is 1.56. The maximum absolute atomic E-state index is 12.4. The van der Waals surface area contributed by atoms with Crippen molar-refractivity contribution in [2.24, 2.45) is 5.73 Å². The van der Waals surface area contributed by atoms with Gasteiger partial charge >= 0.3 is 6.18 Å². The Kier molecular flexibility index (Phi) is 4.27. The number of ether oxygens (including phenoxy) is 2. The molecule has 2 rings (SSSR count). The van der Waals surface area contributed by atoms with Gasteiger partial charge < -0.3 is 15.2 Å². The lowest BCUT2D eigenvalue weighted by Gasteiger charge is -2.11. The van der Waals surface area contributed by atoms with Crippen molar-refractivity contribution in [1.82, 2.24) is 10.2 Å². The lowest BCUT2D eigenvalue weighted by molar-refractivity contribution is -0.141. The van der Waals surface area contributed by atoms with Gasteiger partial charge in [-0.05, 0) is 23.8 Å². The first kappa shape index (κ1) is 15.0. The van der Waals surface area contributed by atoms with Gasteiger partial charge in [0.2, 0.25) is 5.88 Å². The average Bonchev–Trinajstić information content (AvgIpc) is 2.47. The first-order valence-electron chi connectivity index (χ1n) is 5.90. The minimum Gasteiger partial charge on any atom is -0.493 e. The second kappa shape index (κ2) is 5.96. The summed E-state index contributed by atoms with van der Waals surface area (Å²) in [6.45, 7) is 0.330. The fraction of sp³-hybridized carbons (Fsp3) is 0.231. The molecule has 2 N–H and O–H groups in total. The van der Waals surface area contributed by atoms with Gasteiger partial charge in [0.1, 0.15) is 0 Å². The Morgan fingerprint density at radius 2 is 1.86 bits per heavy atom. The highest BCUT2D eigenvalue weighted by atomic mass is 19.4. The van der Waals surface area contributed by atoms with Crippen LogP contribution in [-0.2, 0) is 12.7 Å². The smallest absolute Gasteiger partial charge is 0.435 e. The summed E-state index contributed by atoms with van der Waals surface area (Å²) >= 11 is 0. The summed E-state index contributed by atoms with van der Waals surface area (Å²) in [4.78, 5) is 0. The zero-order chi connectivity index (χ0) is 15.5. The van der Waals surface area contributed by atoms with Crippen LogP contribution in [0.25, 0.3) is 0 Å². The van der Waals surface area contributed by atoms with Crippen LogP contribution < -0.4 is 15.2 Å². The monoisotopic (exact) mass is 299 g/mol. The van der Waals surface area contributed by atoms with Crippen LogP contribution in [0.15, 0.2) is 30.3 Å². The SMILES string of the molecule is COc1cc(CN)ccc1Oc1ccc(C(F)(F)F)nn1. The lowest BCUT2D eigenvalue weighted by atomic mass is 10.2. The first-order chi connectivity index (χ1) is 9.94. The third-order valence-corrected chi connectivity index (χ3v) is 2.61. The molecule has 0 saturated heterocycles. The quantitative estimate of drug-likeness (QED) is 0.940. The highest BCUT2D eigenvalue weighted by Crippen LogP contribution is 2.32. The van der Waals surface area contributed by atoms with Crippen LogP contribution >= 0.6 is 0 Å². The molecule has 0 bridgehead atoms. The van der Waals surface area contributed by atoms with Crippen molar-refractivity contribution in [3.63, 3.8) is 0 Å². The van der Waals surface area contributed by atoms with Gasteiger partial charge in [0.05, 0.1) is 7.11 Å². The number of benzene rings is 1. The number of halogens is 3. The van der Waals surface area contributed by atoms with Crippen LogP contribution in [0.4, 0.5) is 13.2 Å². The predicted octanol–water partition coefficient (Wildman–Crippen LogP) is 2.76. The molecule has 1 heterocycles. The highest BCUT2D eigenvalue weighted by molar-refractivity contribution is 5.44. The van der Waals surface area contributed by atoms with Crippen LogP contribution in [0, 0.1) is 0 Å². The third-order valence-electron chi connectivity index (χ3n) is 2.61. The summed E-state index contributed by atoms with van der Waals surface area (Å²) < 4.78 is 47.6. The molecule has 0 saturated carbocycles. The van der Waals surface area contributed by atoms with Gasteiger partial charge in [-0.3, -0.25) is 0 Å². The summed E-state index contributed by atoms with van der Waals surface area (Å²) in [7, 11) is 1.45. The van der Waals surface area contributed by atoms with E-state index < -0.39 is 11.9 Å². The number of hydrogen-bond acceptors (Lipinski definition) is 5. The van der Waals surface area contributed by atoms with Crippen molar-refractivity contribution in [1.29, 1.82) is 0 Å². The zero-order valence-electron chi connectivity index (χ0n) is 11.0. The van der Waals surface area contributed by atoms with Crippen LogP contribution in [0.1, 0.15) is 11.3 Å². The molecule has 1 aromatic carbocycles. The topological polar surface area (TPSA) is 70.3 Å². The number of nitrogens with zero attached hydrogens (tertiary/aromatic N) is 2. The Morgan fingerprint density at radius 1 is 1.10 bits per heavy atom. The van der Waals surface area contributed by atoms with Crippen LogP contribution in [0.5, 0.6) is 17.4 Å². The lowest BCUT2D eigenvalue weighted by Crippen LogP contribution is -2.09. The summed E-state index contributed by atoms with van der Waals surface area (Å²) in [6, 6.07) is 6.87. The van der Waals surface area contributed by atoms with Gasteiger partial charge in [0.15, 0.2) is 17.2 Å². The van der Waals surface area contributed by atoms with Gasteiger partial charge in [-0.1, -0.05) is 6.07 Å². The van der Waals surface area contributed by atoms with E-state index in [1.54, 1.807) is 18.2 Å². The van der Waals surface area contributed by atoms with Crippen molar-refractivity contribution < 1.29 is 22.6 Å². The average molecular weight is 299 g/mol. The van der Waals surface area contributed by atoms with Gasteiger partial charge in [0, 0.05) is 12.6 Å². The second-order valence-electron chi connectivity index (χ2n) is 4.05. The van der Waals surface area contributed by atoms with E-state index in [-0.39, 0.29) is 5.88 Å². The molecule has 0 fully saturated rings. The molecule has 112 valence electrons. The molecular weight excluding hydrogens is 287 g/mol. The van der Waals surface area contributed by atoms with E-state index in [2.05, 4.69) is 10.2 Å². The van der Waals surface area contributed by atoms with Gasteiger partial charge in [0.25, 0.3) is 0 Å². The molecule has 5 nitrogen and oxygen atoms in total. The van der Waals surface area contributed by atoms with Crippen LogP contribution in [0.3, 0.4) is 0 Å². The fourth-order valence-electron chi connectivity index (χ4n) is 1.56. The Hall–Kier alpha value is -2.35. The van der Waals surface area contributed by atoms with Crippen molar-refractivity contribution in [3.8, 4) is 17.4 Å². The number of rotatable bonds is 4. The number of methoxy groups -OCH3 is 1. The number of aromatic nitrogens is 2. The van der Waals surface area contributed by atoms with E-state index in [1.165, 1.54) is 7.11 Å². The van der Waals surface area contributed by atoms with E-state index in [1.807, 2.05) is 0 Å². The normalized spacial score (nSPS) is 11.3. The van der Waals surface area contributed by atoms with Gasteiger partial charge in [-0.25, -0.2) is 0 Å². The zero-order valence-corrected chi connectivity index (χ0v) is 11.0. The molecule has 0 unspecified atom stereocenters. The standard InChI is InChI=1S/C13H12F3N3O2/c1-20-10-6-8(7-17)2-3-9(10)21-12-5-4-11(18-19-12)13(14,15)16/h2-6H,7,17H2,1H3. The van der Waals surface area contributed by atoms with Crippen molar-refractivity contribution >= 4 is 0 Å². The number of hydrogen-bond donors (Lipinski definition) is 1. The summed E-state index contributed by atoms with van der Waals surface area (Å²) in [5.74, 6) is 0.644. The largest absolute Gasteiger partial charge is 0.493 e. The molecule has 21 heavy (non-hydrogen) atoms.